The van der Waals surface area contributed by atoms with Crippen LogP contribution >= 0.6 is 0 Å². The van der Waals surface area contributed by atoms with E-state index in [2.05, 4.69) is 51.4 Å². The van der Waals surface area contributed by atoms with Crippen molar-refractivity contribution in [1.82, 2.24) is 15.0 Å². The Balaban J connectivity index is 1.58. The molecule has 1 unspecified atom stereocenters. The number of ether oxygens (including phenoxy) is 1. The van der Waals surface area contributed by atoms with Gasteiger partial charge in [-0.3, -0.25) is 4.98 Å². The maximum atomic E-state index is 5.54. The SMILES string of the molecule is Cc1nc(-c2ccncc2)nc(Nc2ccc(N3CCOCC3C)cc2)c1C. The largest absolute Gasteiger partial charge is 0.377 e. The molecule has 144 valence electrons. The molecule has 1 aliphatic heterocycles. The first-order valence-corrected chi connectivity index (χ1v) is 9.59. The van der Waals surface area contributed by atoms with Gasteiger partial charge in [0.05, 0.1) is 13.2 Å². The number of morpholine rings is 1. The van der Waals surface area contributed by atoms with Crippen LogP contribution < -0.4 is 10.2 Å². The zero-order chi connectivity index (χ0) is 19.5. The van der Waals surface area contributed by atoms with Crippen LogP contribution in [0.15, 0.2) is 48.8 Å². The number of rotatable bonds is 4. The fraction of sp³-hybridized carbons (Fsp3) is 0.318. The van der Waals surface area contributed by atoms with Crippen LogP contribution in [0.4, 0.5) is 17.2 Å². The van der Waals surface area contributed by atoms with E-state index in [1.807, 2.05) is 26.0 Å². The predicted octanol–water partition coefficient (Wildman–Crippen LogP) is 4.12. The standard InChI is InChI=1S/C22H25N5O/c1-15-14-28-13-12-27(15)20-6-4-19(5-7-20)25-21-16(2)17(3)24-22(26-21)18-8-10-23-11-9-18/h4-11,15H,12-14H2,1-3H3,(H,24,25,26). The quantitative estimate of drug-likeness (QED) is 0.740. The smallest absolute Gasteiger partial charge is 0.161 e. The molecular weight excluding hydrogens is 350 g/mol. The van der Waals surface area contributed by atoms with Gasteiger partial charge in [0.2, 0.25) is 0 Å². The van der Waals surface area contributed by atoms with Crippen molar-refractivity contribution >= 4 is 17.2 Å². The molecule has 6 nitrogen and oxygen atoms in total. The van der Waals surface area contributed by atoms with E-state index < -0.39 is 0 Å². The second kappa shape index (κ2) is 7.94. The Bertz CT molecular complexity index is 943. The zero-order valence-electron chi connectivity index (χ0n) is 16.5. The normalized spacial score (nSPS) is 16.8. The summed E-state index contributed by atoms with van der Waals surface area (Å²) in [4.78, 5) is 15.8. The summed E-state index contributed by atoms with van der Waals surface area (Å²) in [6.07, 6.45) is 3.51. The van der Waals surface area contributed by atoms with Crippen LogP contribution in [0.2, 0.25) is 0 Å². The van der Waals surface area contributed by atoms with Crippen molar-refractivity contribution in [1.29, 1.82) is 0 Å². The molecule has 3 aromatic rings. The summed E-state index contributed by atoms with van der Waals surface area (Å²) >= 11 is 0. The Morgan fingerprint density at radius 2 is 1.79 bits per heavy atom. The molecule has 0 aliphatic carbocycles. The van der Waals surface area contributed by atoms with E-state index in [4.69, 9.17) is 9.72 Å². The molecular formula is C22H25N5O. The number of benzene rings is 1. The van der Waals surface area contributed by atoms with Gasteiger partial charge in [-0.2, -0.15) is 0 Å². The Kier molecular flexibility index (Phi) is 5.21. The van der Waals surface area contributed by atoms with Gasteiger partial charge in [0.1, 0.15) is 5.82 Å². The first-order valence-electron chi connectivity index (χ1n) is 9.59. The molecule has 1 atom stereocenters. The third-order valence-electron chi connectivity index (χ3n) is 5.16. The third kappa shape index (κ3) is 3.82. The maximum Gasteiger partial charge on any atom is 0.161 e. The molecule has 1 aromatic carbocycles. The van der Waals surface area contributed by atoms with Crippen LogP contribution in [-0.2, 0) is 4.74 Å². The molecule has 3 heterocycles. The topological polar surface area (TPSA) is 63.2 Å². The van der Waals surface area contributed by atoms with E-state index in [0.29, 0.717) is 11.9 Å². The summed E-state index contributed by atoms with van der Waals surface area (Å²) in [6.45, 7) is 8.72. The highest BCUT2D eigenvalue weighted by Gasteiger charge is 2.19. The van der Waals surface area contributed by atoms with Crippen molar-refractivity contribution in [2.45, 2.75) is 26.8 Å². The van der Waals surface area contributed by atoms with Gasteiger partial charge in [0.25, 0.3) is 0 Å². The number of aryl methyl sites for hydroxylation is 1. The monoisotopic (exact) mass is 375 g/mol. The molecule has 4 rings (SSSR count). The summed E-state index contributed by atoms with van der Waals surface area (Å²) in [5, 5.41) is 3.45. The fourth-order valence-electron chi connectivity index (χ4n) is 3.36. The van der Waals surface area contributed by atoms with Crippen molar-refractivity contribution in [3.63, 3.8) is 0 Å². The minimum Gasteiger partial charge on any atom is -0.377 e. The van der Waals surface area contributed by atoms with E-state index in [1.165, 1.54) is 5.69 Å². The van der Waals surface area contributed by atoms with Gasteiger partial charge in [-0.05, 0) is 57.2 Å². The second-order valence-electron chi connectivity index (χ2n) is 7.13. The lowest BCUT2D eigenvalue weighted by atomic mass is 10.2. The average molecular weight is 375 g/mol. The van der Waals surface area contributed by atoms with Crippen molar-refractivity contribution < 1.29 is 4.74 Å². The van der Waals surface area contributed by atoms with Crippen LogP contribution in [0.1, 0.15) is 18.2 Å². The van der Waals surface area contributed by atoms with E-state index in [-0.39, 0.29) is 0 Å². The van der Waals surface area contributed by atoms with E-state index >= 15 is 0 Å². The fourth-order valence-corrected chi connectivity index (χ4v) is 3.36. The van der Waals surface area contributed by atoms with Crippen molar-refractivity contribution in [2.75, 3.05) is 30.0 Å². The highest BCUT2D eigenvalue weighted by molar-refractivity contribution is 5.66. The number of pyridine rings is 1. The highest BCUT2D eigenvalue weighted by Crippen LogP contribution is 2.26. The van der Waals surface area contributed by atoms with Gasteiger partial charge < -0.3 is 15.0 Å². The molecule has 1 fully saturated rings. The molecule has 1 aliphatic rings. The van der Waals surface area contributed by atoms with E-state index in [9.17, 15) is 0 Å². The van der Waals surface area contributed by atoms with Gasteiger partial charge in [-0.1, -0.05) is 0 Å². The van der Waals surface area contributed by atoms with Crippen LogP contribution in [0.5, 0.6) is 0 Å². The zero-order valence-corrected chi connectivity index (χ0v) is 16.5. The Morgan fingerprint density at radius 3 is 2.50 bits per heavy atom. The molecule has 0 radical (unpaired) electrons. The van der Waals surface area contributed by atoms with Crippen LogP contribution in [0, 0.1) is 13.8 Å². The lowest BCUT2D eigenvalue weighted by molar-refractivity contribution is 0.0989. The molecule has 0 bridgehead atoms. The summed E-state index contributed by atoms with van der Waals surface area (Å²) in [5.41, 5.74) is 5.19. The number of nitrogens with zero attached hydrogens (tertiary/aromatic N) is 4. The molecule has 0 spiro atoms. The molecule has 0 saturated carbocycles. The molecule has 1 saturated heterocycles. The summed E-state index contributed by atoms with van der Waals surface area (Å²) in [7, 11) is 0. The van der Waals surface area contributed by atoms with Crippen molar-refractivity contribution in [3.05, 3.63) is 60.0 Å². The van der Waals surface area contributed by atoms with Crippen molar-refractivity contribution in [2.24, 2.45) is 0 Å². The summed E-state index contributed by atoms with van der Waals surface area (Å²) < 4.78 is 5.54. The third-order valence-corrected chi connectivity index (χ3v) is 5.16. The first-order chi connectivity index (χ1) is 13.6. The van der Waals surface area contributed by atoms with Gasteiger partial charge in [-0.15, -0.1) is 0 Å². The number of anilines is 3. The minimum atomic E-state index is 0.391. The van der Waals surface area contributed by atoms with Crippen LogP contribution in [0.25, 0.3) is 11.4 Å². The minimum absolute atomic E-state index is 0.391. The highest BCUT2D eigenvalue weighted by atomic mass is 16.5. The van der Waals surface area contributed by atoms with Gasteiger partial charge >= 0.3 is 0 Å². The molecule has 0 amide bonds. The maximum absolute atomic E-state index is 5.54. The van der Waals surface area contributed by atoms with Crippen LogP contribution in [0.3, 0.4) is 0 Å². The number of aromatic nitrogens is 3. The number of hydrogen-bond acceptors (Lipinski definition) is 6. The predicted molar refractivity (Wildman–Crippen MR) is 112 cm³/mol. The van der Waals surface area contributed by atoms with Gasteiger partial charge in [0, 0.05) is 53.2 Å². The van der Waals surface area contributed by atoms with Crippen LogP contribution in [-0.4, -0.2) is 40.8 Å². The van der Waals surface area contributed by atoms with E-state index in [0.717, 1.165) is 48.1 Å². The molecule has 2 aromatic heterocycles. The summed E-state index contributed by atoms with van der Waals surface area (Å²) in [5.74, 6) is 1.53. The summed E-state index contributed by atoms with van der Waals surface area (Å²) in [6, 6.07) is 12.7. The van der Waals surface area contributed by atoms with Gasteiger partial charge in [0.15, 0.2) is 5.82 Å². The lowest BCUT2D eigenvalue weighted by Gasteiger charge is -2.35. The van der Waals surface area contributed by atoms with E-state index in [1.54, 1.807) is 12.4 Å². The Labute approximate surface area is 165 Å². The second-order valence-corrected chi connectivity index (χ2v) is 7.13. The van der Waals surface area contributed by atoms with Crippen molar-refractivity contribution in [3.8, 4) is 11.4 Å². The number of nitrogens with one attached hydrogen (secondary N) is 1. The average Bonchev–Trinajstić information content (AvgIpc) is 2.73. The number of hydrogen-bond donors (Lipinski definition) is 1. The molecule has 6 heteroatoms. The van der Waals surface area contributed by atoms with Gasteiger partial charge in [-0.25, -0.2) is 9.97 Å². The first kappa shape index (κ1) is 18.4. The molecule has 28 heavy (non-hydrogen) atoms. The Hall–Kier alpha value is -2.99. The Morgan fingerprint density at radius 1 is 1.04 bits per heavy atom. The lowest BCUT2D eigenvalue weighted by Crippen LogP contribution is -2.43. The molecule has 1 N–H and O–H groups in total.